The van der Waals surface area contributed by atoms with Crippen molar-refractivity contribution in [2.24, 2.45) is 11.7 Å². The lowest BCUT2D eigenvalue weighted by Crippen LogP contribution is -2.46. The first kappa shape index (κ1) is 10.7. The molecule has 2 fully saturated rings. The summed E-state index contributed by atoms with van der Waals surface area (Å²) in [6, 6.07) is 0. The summed E-state index contributed by atoms with van der Waals surface area (Å²) >= 11 is 0. The van der Waals surface area contributed by atoms with Crippen molar-refractivity contribution in [3.63, 3.8) is 0 Å². The monoisotopic (exact) mass is 212 g/mol. The molecular weight excluding hydrogens is 192 g/mol. The van der Waals surface area contributed by atoms with E-state index in [0.717, 1.165) is 19.4 Å². The molecule has 1 amide bonds. The number of carbonyl (C=O) groups is 1. The van der Waals surface area contributed by atoms with E-state index in [1.54, 1.807) is 0 Å². The fourth-order valence-corrected chi connectivity index (χ4v) is 2.53. The Morgan fingerprint density at radius 2 is 2.27 bits per heavy atom. The number of rotatable bonds is 1. The van der Waals surface area contributed by atoms with Crippen molar-refractivity contribution >= 4 is 6.09 Å². The summed E-state index contributed by atoms with van der Waals surface area (Å²) < 4.78 is 5.38. The molecule has 86 valence electrons. The van der Waals surface area contributed by atoms with E-state index < -0.39 is 5.60 Å². The molecule has 0 bridgehead atoms. The fraction of sp³-hybridized carbons (Fsp3) is 0.909. The van der Waals surface area contributed by atoms with Gasteiger partial charge in [-0.2, -0.15) is 0 Å². The summed E-state index contributed by atoms with van der Waals surface area (Å²) in [6.07, 6.45) is 1.94. The number of carbonyl (C=O) groups excluding carboxylic acids is 1. The predicted octanol–water partition coefficient (Wildman–Crippen LogP) is 1.34. The Morgan fingerprint density at radius 3 is 2.73 bits per heavy atom. The number of nitrogens with zero attached hydrogens (tertiary/aromatic N) is 1. The molecule has 2 aliphatic rings. The summed E-state index contributed by atoms with van der Waals surface area (Å²) in [6.45, 7) is 7.04. The Labute approximate surface area is 90.8 Å². The van der Waals surface area contributed by atoms with Crippen LogP contribution in [0.1, 0.15) is 33.6 Å². The van der Waals surface area contributed by atoms with Gasteiger partial charge >= 0.3 is 6.09 Å². The third-order valence-corrected chi connectivity index (χ3v) is 3.41. The molecule has 1 aliphatic carbocycles. The lowest BCUT2D eigenvalue weighted by molar-refractivity contribution is 0.0183. The Hall–Kier alpha value is -0.770. The number of nitrogens with two attached hydrogens (primary N) is 1. The van der Waals surface area contributed by atoms with E-state index in [-0.39, 0.29) is 11.6 Å². The van der Waals surface area contributed by atoms with Crippen LogP contribution in [-0.2, 0) is 4.74 Å². The van der Waals surface area contributed by atoms with E-state index >= 15 is 0 Å². The van der Waals surface area contributed by atoms with Gasteiger partial charge in [0, 0.05) is 13.1 Å². The summed E-state index contributed by atoms with van der Waals surface area (Å²) in [5.41, 5.74) is 5.28. The van der Waals surface area contributed by atoms with Crippen LogP contribution in [0, 0.1) is 5.92 Å². The third kappa shape index (κ3) is 1.71. The van der Waals surface area contributed by atoms with Crippen molar-refractivity contribution in [3.8, 4) is 0 Å². The molecule has 1 saturated carbocycles. The lowest BCUT2D eigenvalue weighted by Gasteiger charge is -2.30. The number of hydrogen-bond donors (Lipinski definition) is 1. The molecule has 2 rings (SSSR count). The highest BCUT2D eigenvalue weighted by Crippen LogP contribution is 2.55. The highest BCUT2D eigenvalue weighted by atomic mass is 16.6. The summed E-state index contributed by atoms with van der Waals surface area (Å²) in [5, 5.41) is 0. The molecule has 2 atom stereocenters. The zero-order valence-electron chi connectivity index (χ0n) is 9.75. The van der Waals surface area contributed by atoms with E-state index in [4.69, 9.17) is 10.5 Å². The Kier molecular flexibility index (Phi) is 2.23. The quantitative estimate of drug-likeness (QED) is 0.713. The Morgan fingerprint density at radius 1 is 1.60 bits per heavy atom. The van der Waals surface area contributed by atoms with Crippen molar-refractivity contribution in [2.75, 3.05) is 13.1 Å². The molecule has 0 radical (unpaired) electrons. The highest BCUT2D eigenvalue weighted by Gasteiger charge is 2.63. The van der Waals surface area contributed by atoms with Gasteiger partial charge in [-0.25, -0.2) is 4.79 Å². The van der Waals surface area contributed by atoms with Crippen LogP contribution in [0.3, 0.4) is 0 Å². The van der Waals surface area contributed by atoms with E-state index in [0.29, 0.717) is 12.5 Å². The smallest absolute Gasteiger partial charge is 0.410 e. The van der Waals surface area contributed by atoms with Crippen LogP contribution >= 0.6 is 0 Å². The Bertz CT molecular complexity index is 281. The zero-order valence-corrected chi connectivity index (χ0v) is 9.75. The van der Waals surface area contributed by atoms with Crippen LogP contribution < -0.4 is 5.73 Å². The van der Waals surface area contributed by atoms with E-state index in [2.05, 4.69) is 0 Å². The molecule has 4 nitrogen and oxygen atoms in total. The minimum absolute atomic E-state index is 0.0532. The molecule has 4 heteroatoms. The first-order valence-electron chi connectivity index (χ1n) is 5.60. The van der Waals surface area contributed by atoms with Gasteiger partial charge in [-0.1, -0.05) is 0 Å². The van der Waals surface area contributed by atoms with Crippen molar-refractivity contribution in [3.05, 3.63) is 0 Å². The molecule has 1 heterocycles. The SMILES string of the molecule is CC(C)(C)OC(=O)N1CCC2C[C@]21CN. The topological polar surface area (TPSA) is 55.6 Å². The van der Waals surface area contributed by atoms with Gasteiger partial charge in [-0.3, -0.25) is 0 Å². The van der Waals surface area contributed by atoms with Gasteiger partial charge < -0.3 is 15.4 Å². The second-order valence-corrected chi connectivity index (χ2v) is 5.63. The van der Waals surface area contributed by atoms with E-state index in [1.165, 1.54) is 0 Å². The van der Waals surface area contributed by atoms with Gasteiger partial charge in [-0.15, -0.1) is 0 Å². The zero-order chi connectivity index (χ0) is 11.3. The first-order chi connectivity index (χ1) is 6.89. The van der Waals surface area contributed by atoms with Crippen LogP contribution in [0.15, 0.2) is 0 Å². The molecule has 0 spiro atoms. The maximum atomic E-state index is 11.9. The predicted molar refractivity (Wildman–Crippen MR) is 57.4 cm³/mol. The number of ether oxygens (including phenoxy) is 1. The van der Waals surface area contributed by atoms with E-state index in [9.17, 15) is 4.79 Å². The molecule has 0 aromatic carbocycles. The number of fused-ring (bicyclic) bond motifs is 1. The van der Waals surface area contributed by atoms with Crippen LogP contribution in [0.25, 0.3) is 0 Å². The van der Waals surface area contributed by atoms with Gasteiger partial charge in [0.15, 0.2) is 0 Å². The van der Waals surface area contributed by atoms with Gasteiger partial charge in [0.25, 0.3) is 0 Å². The van der Waals surface area contributed by atoms with Gasteiger partial charge in [0.2, 0.25) is 0 Å². The molecule has 1 saturated heterocycles. The minimum Gasteiger partial charge on any atom is -0.444 e. The summed E-state index contributed by atoms with van der Waals surface area (Å²) in [5.74, 6) is 0.620. The van der Waals surface area contributed by atoms with Crippen molar-refractivity contribution in [1.29, 1.82) is 0 Å². The van der Waals surface area contributed by atoms with Crippen LogP contribution in [0.2, 0.25) is 0 Å². The van der Waals surface area contributed by atoms with Crippen LogP contribution in [0.4, 0.5) is 4.79 Å². The molecule has 2 N–H and O–H groups in total. The maximum Gasteiger partial charge on any atom is 0.410 e. The summed E-state index contributed by atoms with van der Waals surface area (Å²) in [4.78, 5) is 13.7. The average molecular weight is 212 g/mol. The highest BCUT2D eigenvalue weighted by molar-refractivity contribution is 5.71. The average Bonchev–Trinajstić information content (AvgIpc) is 2.70. The van der Waals surface area contributed by atoms with Crippen molar-refractivity contribution in [1.82, 2.24) is 4.90 Å². The van der Waals surface area contributed by atoms with Crippen LogP contribution in [-0.4, -0.2) is 35.2 Å². The van der Waals surface area contributed by atoms with Crippen molar-refractivity contribution in [2.45, 2.75) is 44.8 Å². The molecular formula is C11H20N2O2. The maximum absolute atomic E-state index is 11.9. The Balaban J connectivity index is 2.02. The first-order valence-corrected chi connectivity index (χ1v) is 5.60. The normalized spacial score (nSPS) is 33.9. The lowest BCUT2D eigenvalue weighted by atomic mass is 10.2. The third-order valence-electron chi connectivity index (χ3n) is 3.41. The second kappa shape index (κ2) is 3.11. The van der Waals surface area contributed by atoms with Gasteiger partial charge in [-0.05, 0) is 39.5 Å². The number of amides is 1. The van der Waals surface area contributed by atoms with Gasteiger partial charge in [0.1, 0.15) is 5.60 Å². The molecule has 15 heavy (non-hydrogen) atoms. The number of likely N-dealkylation sites (tertiary alicyclic amines) is 1. The fourth-order valence-electron chi connectivity index (χ4n) is 2.53. The minimum atomic E-state index is -0.417. The molecule has 0 aromatic rings. The van der Waals surface area contributed by atoms with Crippen LogP contribution in [0.5, 0.6) is 0 Å². The largest absolute Gasteiger partial charge is 0.444 e. The number of piperidine rings is 1. The molecule has 1 aliphatic heterocycles. The second-order valence-electron chi connectivity index (χ2n) is 5.63. The van der Waals surface area contributed by atoms with E-state index in [1.807, 2.05) is 25.7 Å². The standard InChI is InChI=1S/C11H20N2O2/c1-10(2,3)15-9(14)13-5-4-8-6-11(8,13)7-12/h8H,4-7,12H2,1-3H3/t8?,11-/m0/s1. The van der Waals surface area contributed by atoms with Crippen molar-refractivity contribution < 1.29 is 9.53 Å². The molecule has 0 aromatic heterocycles. The summed E-state index contributed by atoms with van der Waals surface area (Å²) in [7, 11) is 0. The number of hydrogen-bond acceptors (Lipinski definition) is 3. The van der Waals surface area contributed by atoms with Gasteiger partial charge in [0.05, 0.1) is 5.54 Å². The molecule has 1 unspecified atom stereocenters.